The average molecular weight is 373 g/mol. The van der Waals surface area contributed by atoms with Gasteiger partial charge in [0.1, 0.15) is 17.3 Å². The molecule has 2 aromatic rings. The van der Waals surface area contributed by atoms with Crippen molar-refractivity contribution < 1.29 is 14.3 Å². The third kappa shape index (κ3) is 5.09. The minimum atomic E-state index is -0.842. The van der Waals surface area contributed by atoms with Crippen molar-refractivity contribution in [2.75, 3.05) is 5.32 Å². The first-order valence-corrected chi connectivity index (χ1v) is 8.91. The number of benzene rings is 1. The number of fused-ring (bicyclic) bond motifs is 1. The number of rotatable bonds is 4. The van der Waals surface area contributed by atoms with Gasteiger partial charge in [0.05, 0.1) is 0 Å². The summed E-state index contributed by atoms with van der Waals surface area (Å²) in [5.74, 6) is -0.669. The van der Waals surface area contributed by atoms with Crippen LogP contribution < -0.4 is 16.2 Å². The van der Waals surface area contributed by atoms with Crippen molar-refractivity contribution in [3.05, 3.63) is 40.2 Å². The minimum absolute atomic E-state index is 0.176. The summed E-state index contributed by atoms with van der Waals surface area (Å²) in [6.45, 7) is 10.6. The van der Waals surface area contributed by atoms with Gasteiger partial charge in [-0.2, -0.15) is 0 Å². The first kappa shape index (κ1) is 20.5. The molecule has 0 aliphatic heterocycles. The van der Waals surface area contributed by atoms with Crippen molar-refractivity contribution in [1.29, 1.82) is 0 Å². The Balaban J connectivity index is 2.27. The fraction of sp³-hybridized carbons (Fsp3) is 0.450. The molecule has 27 heavy (non-hydrogen) atoms. The van der Waals surface area contributed by atoms with Crippen LogP contribution in [0.1, 0.15) is 40.2 Å². The molecule has 0 aliphatic carbocycles. The van der Waals surface area contributed by atoms with Crippen molar-refractivity contribution >= 4 is 28.6 Å². The van der Waals surface area contributed by atoms with E-state index in [4.69, 9.17) is 4.74 Å². The highest BCUT2D eigenvalue weighted by Gasteiger charge is 2.28. The summed E-state index contributed by atoms with van der Waals surface area (Å²) >= 11 is 0. The van der Waals surface area contributed by atoms with Gasteiger partial charge < -0.3 is 20.4 Å². The second kappa shape index (κ2) is 7.82. The maximum absolute atomic E-state index is 12.8. The fourth-order valence-corrected chi connectivity index (χ4v) is 2.73. The topological polar surface area (TPSA) is 100 Å². The predicted molar refractivity (Wildman–Crippen MR) is 106 cm³/mol. The van der Waals surface area contributed by atoms with Crippen molar-refractivity contribution in [2.45, 2.75) is 53.2 Å². The maximum Gasteiger partial charge on any atom is 0.408 e. The van der Waals surface area contributed by atoms with E-state index in [1.54, 1.807) is 47.6 Å². The van der Waals surface area contributed by atoms with Crippen LogP contribution in [0.5, 0.6) is 0 Å². The van der Waals surface area contributed by atoms with Crippen molar-refractivity contribution in [3.63, 3.8) is 0 Å². The molecule has 0 unspecified atom stereocenters. The standard InChI is InChI=1S/C20H27N3O4/c1-11(2)15(23-19(26)27-20(4,5)6)17(24)22-16-12(3)13-9-7-8-10-14(13)21-18(16)25/h7-11,15H,1-6H3,(H,21,25)(H,22,24)(H,23,26)/t15-/m0/s1. The Kier molecular flexibility index (Phi) is 5.93. The number of carbonyl (C=O) groups excluding carboxylic acids is 2. The molecule has 7 heteroatoms. The molecule has 2 rings (SSSR count). The zero-order valence-electron chi connectivity index (χ0n) is 16.6. The lowest BCUT2D eigenvalue weighted by Gasteiger charge is -2.25. The number of aromatic nitrogens is 1. The molecule has 1 aromatic heterocycles. The highest BCUT2D eigenvalue weighted by atomic mass is 16.6. The summed E-state index contributed by atoms with van der Waals surface area (Å²) < 4.78 is 5.23. The van der Waals surface area contributed by atoms with Crippen LogP contribution in [0.2, 0.25) is 0 Å². The number of nitrogens with one attached hydrogen (secondary N) is 3. The van der Waals surface area contributed by atoms with Crippen LogP contribution in [0.15, 0.2) is 29.1 Å². The quantitative estimate of drug-likeness (QED) is 0.765. The molecule has 0 saturated carbocycles. The average Bonchev–Trinajstić information content (AvgIpc) is 2.54. The zero-order chi connectivity index (χ0) is 20.4. The Morgan fingerprint density at radius 2 is 1.78 bits per heavy atom. The number of H-pyrrole nitrogens is 1. The van der Waals surface area contributed by atoms with Crippen molar-refractivity contribution in [1.82, 2.24) is 10.3 Å². The summed E-state index contributed by atoms with van der Waals surface area (Å²) in [6.07, 6.45) is -0.680. The number of hydrogen-bond donors (Lipinski definition) is 3. The molecule has 0 fully saturated rings. The number of anilines is 1. The highest BCUT2D eigenvalue weighted by molar-refractivity contribution is 5.99. The molecule has 1 aromatic carbocycles. The molecular weight excluding hydrogens is 346 g/mol. The van der Waals surface area contributed by atoms with E-state index in [-0.39, 0.29) is 17.2 Å². The van der Waals surface area contributed by atoms with Crippen LogP contribution in [0, 0.1) is 12.8 Å². The fourth-order valence-electron chi connectivity index (χ4n) is 2.73. The van der Waals surface area contributed by atoms with Crippen LogP contribution in [0.4, 0.5) is 10.5 Å². The highest BCUT2D eigenvalue weighted by Crippen LogP contribution is 2.20. The van der Waals surface area contributed by atoms with Gasteiger partial charge in [0, 0.05) is 10.9 Å². The van der Waals surface area contributed by atoms with Gasteiger partial charge in [-0.05, 0) is 45.2 Å². The number of ether oxygens (including phenoxy) is 1. The third-order valence-corrected chi connectivity index (χ3v) is 4.05. The molecular formula is C20H27N3O4. The summed E-state index contributed by atoms with van der Waals surface area (Å²) in [6, 6.07) is 6.52. The van der Waals surface area contributed by atoms with Gasteiger partial charge in [0.2, 0.25) is 5.91 Å². The Morgan fingerprint density at radius 3 is 2.37 bits per heavy atom. The molecule has 0 spiro atoms. The molecule has 0 aliphatic rings. The van der Waals surface area contributed by atoms with Crippen LogP contribution in [-0.4, -0.2) is 28.6 Å². The first-order chi connectivity index (χ1) is 12.5. The Hall–Kier alpha value is -2.83. The number of pyridine rings is 1. The number of aryl methyl sites for hydroxylation is 1. The third-order valence-electron chi connectivity index (χ3n) is 4.05. The molecule has 0 radical (unpaired) electrons. The molecule has 2 amide bonds. The Labute approximate surface area is 158 Å². The van der Waals surface area contributed by atoms with Gasteiger partial charge in [-0.3, -0.25) is 9.59 Å². The van der Waals surface area contributed by atoms with Crippen molar-refractivity contribution in [2.24, 2.45) is 5.92 Å². The minimum Gasteiger partial charge on any atom is -0.444 e. The zero-order valence-corrected chi connectivity index (χ0v) is 16.6. The molecule has 1 heterocycles. The lowest BCUT2D eigenvalue weighted by molar-refractivity contribution is -0.119. The van der Waals surface area contributed by atoms with E-state index in [1.807, 2.05) is 18.2 Å². The van der Waals surface area contributed by atoms with Crippen molar-refractivity contribution in [3.8, 4) is 0 Å². The lowest BCUT2D eigenvalue weighted by atomic mass is 10.0. The smallest absolute Gasteiger partial charge is 0.408 e. The van der Waals surface area contributed by atoms with Crippen LogP contribution in [-0.2, 0) is 9.53 Å². The molecule has 0 saturated heterocycles. The number of alkyl carbamates (subject to hydrolysis) is 1. The summed E-state index contributed by atoms with van der Waals surface area (Å²) in [5, 5.41) is 6.09. The first-order valence-electron chi connectivity index (χ1n) is 8.91. The Morgan fingerprint density at radius 1 is 1.15 bits per heavy atom. The molecule has 7 nitrogen and oxygen atoms in total. The maximum atomic E-state index is 12.8. The normalized spacial score (nSPS) is 12.7. The second-order valence-corrected chi connectivity index (χ2v) is 7.86. The van der Waals surface area contributed by atoms with Gasteiger partial charge in [0.25, 0.3) is 5.56 Å². The van der Waals surface area contributed by atoms with E-state index in [2.05, 4.69) is 15.6 Å². The molecule has 3 N–H and O–H groups in total. The molecule has 146 valence electrons. The van der Waals surface area contributed by atoms with E-state index in [1.165, 1.54) is 0 Å². The lowest BCUT2D eigenvalue weighted by Crippen LogP contribution is -2.49. The number of aromatic amines is 1. The monoisotopic (exact) mass is 373 g/mol. The van der Waals surface area contributed by atoms with Crippen LogP contribution in [0.3, 0.4) is 0 Å². The van der Waals surface area contributed by atoms with E-state index in [9.17, 15) is 14.4 Å². The summed E-state index contributed by atoms with van der Waals surface area (Å²) in [4.78, 5) is 40.0. The van der Waals surface area contributed by atoms with Crippen LogP contribution >= 0.6 is 0 Å². The van der Waals surface area contributed by atoms with E-state index < -0.39 is 23.6 Å². The summed E-state index contributed by atoms with van der Waals surface area (Å²) in [5.41, 5.74) is 0.483. The van der Waals surface area contributed by atoms with Gasteiger partial charge >= 0.3 is 6.09 Å². The number of carbonyl (C=O) groups is 2. The molecule has 0 bridgehead atoms. The van der Waals surface area contributed by atoms with Gasteiger partial charge in [-0.25, -0.2) is 4.79 Å². The summed E-state index contributed by atoms with van der Waals surface area (Å²) in [7, 11) is 0. The second-order valence-electron chi connectivity index (χ2n) is 7.86. The predicted octanol–water partition coefficient (Wildman–Crippen LogP) is 3.32. The Bertz CT molecular complexity index is 910. The van der Waals surface area contributed by atoms with Crippen LogP contribution in [0.25, 0.3) is 10.9 Å². The largest absolute Gasteiger partial charge is 0.444 e. The molecule has 1 atom stereocenters. The number of para-hydroxylation sites is 1. The SMILES string of the molecule is Cc1c(NC(=O)[C@@H](NC(=O)OC(C)(C)C)C(C)C)c(=O)[nH]c2ccccc12. The van der Waals surface area contributed by atoms with E-state index in [0.717, 1.165) is 5.39 Å². The van der Waals surface area contributed by atoms with Gasteiger partial charge in [0.15, 0.2) is 0 Å². The number of amides is 2. The van der Waals surface area contributed by atoms with Gasteiger partial charge in [-0.1, -0.05) is 32.0 Å². The number of hydrogen-bond acceptors (Lipinski definition) is 4. The van der Waals surface area contributed by atoms with Gasteiger partial charge in [-0.15, -0.1) is 0 Å². The van der Waals surface area contributed by atoms with E-state index >= 15 is 0 Å². The van der Waals surface area contributed by atoms with E-state index in [0.29, 0.717) is 11.1 Å².